The van der Waals surface area contributed by atoms with Gasteiger partial charge in [-0.15, -0.1) is 0 Å². The number of ether oxygens (including phenoxy) is 1. The highest BCUT2D eigenvalue weighted by Gasteiger charge is 2.31. The Balaban J connectivity index is 1.85. The lowest BCUT2D eigenvalue weighted by Crippen LogP contribution is -2.40. The van der Waals surface area contributed by atoms with E-state index >= 15 is 0 Å². The van der Waals surface area contributed by atoms with Gasteiger partial charge < -0.3 is 15.2 Å². The van der Waals surface area contributed by atoms with Crippen LogP contribution in [-0.2, 0) is 9.59 Å². The van der Waals surface area contributed by atoms with Crippen LogP contribution in [0, 0.1) is 17.7 Å². The van der Waals surface area contributed by atoms with E-state index in [0.29, 0.717) is 25.7 Å². The standard InChI is InChI=1S/C18H24FNO4/c1-2-14(24-16-9-4-3-8-15(16)19)11-20-17(21)12-6-5-7-13(10-12)18(22)23/h3-4,8-9,12-14H,2,5-7,10-11H2,1H3,(H,20,21)(H,22,23). The van der Waals surface area contributed by atoms with Gasteiger partial charge in [0, 0.05) is 5.92 Å². The number of carboxylic acids is 1. The minimum Gasteiger partial charge on any atom is -0.486 e. The molecule has 1 aliphatic carbocycles. The van der Waals surface area contributed by atoms with Gasteiger partial charge in [0.15, 0.2) is 11.6 Å². The minimum absolute atomic E-state index is 0.142. The lowest BCUT2D eigenvalue weighted by atomic mass is 9.81. The van der Waals surface area contributed by atoms with Gasteiger partial charge in [0.05, 0.1) is 12.5 Å². The molecule has 1 amide bonds. The first kappa shape index (κ1) is 18.2. The molecule has 2 N–H and O–H groups in total. The van der Waals surface area contributed by atoms with Crippen molar-refractivity contribution < 1.29 is 23.8 Å². The van der Waals surface area contributed by atoms with Crippen LogP contribution in [0.25, 0.3) is 0 Å². The number of hydrogen-bond acceptors (Lipinski definition) is 3. The summed E-state index contributed by atoms with van der Waals surface area (Å²) in [6, 6.07) is 6.16. The van der Waals surface area contributed by atoms with Crippen LogP contribution in [0.2, 0.25) is 0 Å². The van der Waals surface area contributed by atoms with E-state index in [4.69, 9.17) is 9.84 Å². The van der Waals surface area contributed by atoms with E-state index in [1.54, 1.807) is 18.2 Å². The van der Waals surface area contributed by atoms with Gasteiger partial charge in [-0.3, -0.25) is 9.59 Å². The molecule has 0 radical (unpaired) electrons. The summed E-state index contributed by atoms with van der Waals surface area (Å²) in [5.74, 6) is -1.95. The van der Waals surface area contributed by atoms with Crippen molar-refractivity contribution in [1.82, 2.24) is 5.32 Å². The second kappa shape index (κ2) is 8.66. The average Bonchev–Trinajstić information content (AvgIpc) is 2.60. The number of carboxylic acid groups (broad SMARTS) is 1. The van der Waals surface area contributed by atoms with Gasteiger partial charge in [0.25, 0.3) is 0 Å². The summed E-state index contributed by atoms with van der Waals surface area (Å²) in [4.78, 5) is 23.4. The highest BCUT2D eigenvalue weighted by atomic mass is 19.1. The van der Waals surface area contributed by atoms with E-state index in [1.807, 2.05) is 6.92 Å². The number of aliphatic carboxylic acids is 1. The van der Waals surface area contributed by atoms with Crippen LogP contribution >= 0.6 is 0 Å². The third kappa shape index (κ3) is 4.94. The molecule has 1 aliphatic rings. The molecule has 3 atom stereocenters. The number of carbonyl (C=O) groups is 2. The van der Waals surface area contributed by atoms with E-state index in [2.05, 4.69) is 5.32 Å². The molecule has 1 saturated carbocycles. The Bertz CT molecular complexity index is 578. The highest BCUT2D eigenvalue weighted by molar-refractivity contribution is 5.80. The van der Waals surface area contributed by atoms with Crippen molar-refractivity contribution >= 4 is 11.9 Å². The molecule has 3 unspecified atom stereocenters. The third-order valence-electron chi connectivity index (χ3n) is 4.48. The van der Waals surface area contributed by atoms with E-state index in [0.717, 1.165) is 6.42 Å². The van der Waals surface area contributed by atoms with E-state index in [-0.39, 0.29) is 30.2 Å². The quantitative estimate of drug-likeness (QED) is 0.802. The number of amides is 1. The topological polar surface area (TPSA) is 75.6 Å². The maximum Gasteiger partial charge on any atom is 0.306 e. The number of benzene rings is 1. The summed E-state index contributed by atoms with van der Waals surface area (Å²) < 4.78 is 19.2. The molecule has 1 fully saturated rings. The van der Waals surface area contributed by atoms with Crippen molar-refractivity contribution in [2.75, 3.05) is 6.54 Å². The van der Waals surface area contributed by atoms with Crippen molar-refractivity contribution in [2.24, 2.45) is 11.8 Å². The lowest BCUT2D eigenvalue weighted by Gasteiger charge is -2.26. The summed E-state index contributed by atoms with van der Waals surface area (Å²) in [7, 11) is 0. The van der Waals surface area contributed by atoms with Gasteiger partial charge in [0.2, 0.25) is 5.91 Å². The van der Waals surface area contributed by atoms with Crippen molar-refractivity contribution in [3.05, 3.63) is 30.1 Å². The fourth-order valence-electron chi connectivity index (χ4n) is 3.00. The summed E-state index contributed by atoms with van der Waals surface area (Å²) in [5.41, 5.74) is 0. The zero-order valence-electron chi connectivity index (χ0n) is 13.8. The van der Waals surface area contributed by atoms with E-state index in [9.17, 15) is 14.0 Å². The Morgan fingerprint density at radius 3 is 2.71 bits per heavy atom. The van der Waals surface area contributed by atoms with Crippen LogP contribution in [-0.4, -0.2) is 29.6 Å². The Labute approximate surface area is 141 Å². The van der Waals surface area contributed by atoms with Crippen molar-refractivity contribution in [3.8, 4) is 5.75 Å². The Kier molecular flexibility index (Phi) is 6.58. The smallest absolute Gasteiger partial charge is 0.306 e. The lowest BCUT2D eigenvalue weighted by molar-refractivity contribution is -0.144. The molecule has 0 bridgehead atoms. The van der Waals surface area contributed by atoms with Crippen molar-refractivity contribution in [3.63, 3.8) is 0 Å². The first-order valence-corrected chi connectivity index (χ1v) is 8.43. The summed E-state index contributed by atoms with van der Waals surface area (Å²) in [6.07, 6.45) is 2.76. The fraction of sp³-hybridized carbons (Fsp3) is 0.556. The third-order valence-corrected chi connectivity index (χ3v) is 4.48. The number of rotatable bonds is 7. The normalized spacial score (nSPS) is 21.8. The molecular weight excluding hydrogens is 313 g/mol. The molecule has 0 aliphatic heterocycles. The van der Waals surface area contributed by atoms with E-state index < -0.39 is 17.7 Å². The molecule has 2 rings (SSSR count). The Morgan fingerprint density at radius 1 is 1.33 bits per heavy atom. The number of halogens is 1. The largest absolute Gasteiger partial charge is 0.486 e. The van der Waals surface area contributed by atoms with Crippen LogP contribution < -0.4 is 10.1 Å². The van der Waals surface area contributed by atoms with Crippen molar-refractivity contribution in [1.29, 1.82) is 0 Å². The monoisotopic (exact) mass is 337 g/mol. The van der Waals surface area contributed by atoms with Crippen molar-refractivity contribution in [2.45, 2.75) is 45.1 Å². The number of carbonyl (C=O) groups excluding carboxylic acids is 1. The van der Waals surface area contributed by atoms with Crippen LogP contribution in [0.5, 0.6) is 5.75 Å². The van der Waals surface area contributed by atoms with Gasteiger partial charge in [-0.25, -0.2) is 4.39 Å². The SMILES string of the molecule is CCC(CNC(=O)C1CCCC(C(=O)O)C1)Oc1ccccc1F. The molecule has 0 heterocycles. The second-order valence-corrected chi connectivity index (χ2v) is 6.22. The average molecular weight is 337 g/mol. The highest BCUT2D eigenvalue weighted by Crippen LogP contribution is 2.29. The maximum atomic E-state index is 13.6. The zero-order valence-corrected chi connectivity index (χ0v) is 13.8. The fourth-order valence-corrected chi connectivity index (χ4v) is 3.00. The number of nitrogens with one attached hydrogen (secondary N) is 1. The molecule has 0 saturated heterocycles. The molecule has 24 heavy (non-hydrogen) atoms. The summed E-state index contributed by atoms with van der Waals surface area (Å²) in [5, 5.41) is 11.9. The van der Waals surface area contributed by atoms with Crippen LogP contribution in [0.1, 0.15) is 39.0 Å². The number of para-hydroxylation sites is 1. The van der Waals surface area contributed by atoms with Gasteiger partial charge in [0.1, 0.15) is 6.10 Å². The molecule has 0 spiro atoms. The molecule has 1 aromatic carbocycles. The van der Waals surface area contributed by atoms with Crippen LogP contribution in [0.4, 0.5) is 4.39 Å². The second-order valence-electron chi connectivity index (χ2n) is 6.22. The van der Waals surface area contributed by atoms with Crippen LogP contribution in [0.15, 0.2) is 24.3 Å². The predicted octanol–water partition coefficient (Wildman–Crippen LogP) is 2.99. The van der Waals surface area contributed by atoms with Gasteiger partial charge in [-0.05, 0) is 37.8 Å². The van der Waals surface area contributed by atoms with E-state index in [1.165, 1.54) is 6.07 Å². The zero-order chi connectivity index (χ0) is 17.5. The first-order chi connectivity index (χ1) is 11.5. The molecule has 6 heteroatoms. The molecule has 1 aromatic rings. The van der Waals surface area contributed by atoms with Gasteiger partial charge in [-0.1, -0.05) is 25.5 Å². The van der Waals surface area contributed by atoms with Gasteiger partial charge >= 0.3 is 5.97 Å². The number of hydrogen-bond donors (Lipinski definition) is 2. The summed E-state index contributed by atoms with van der Waals surface area (Å²) >= 11 is 0. The Morgan fingerprint density at radius 2 is 2.04 bits per heavy atom. The molecular formula is C18H24FNO4. The molecule has 132 valence electrons. The minimum atomic E-state index is -0.832. The predicted molar refractivity (Wildman–Crippen MR) is 87.2 cm³/mol. The maximum absolute atomic E-state index is 13.6. The molecule has 5 nitrogen and oxygen atoms in total. The van der Waals surface area contributed by atoms with Gasteiger partial charge in [-0.2, -0.15) is 0 Å². The Hall–Kier alpha value is -2.11. The molecule has 0 aromatic heterocycles. The first-order valence-electron chi connectivity index (χ1n) is 8.43. The van der Waals surface area contributed by atoms with Crippen LogP contribution in [0.3, 0.4) is 0 Å². The summed E-state index contributed by atoms with van der Waals surface area (Å²) in [6.45, 7) is 2.18.